The van der Waals surface area contributed by atoms with Gasteiger partial charge in [-0.2, -0.15) is 0 Å². The van der Waals surface area contributed by atoms with Gasteiger partial charge in [-0.3, -0.25) is 0 Å². The average molecular weight is 651 g/mol. The molecule has 1 aliphatic heterocycles. The molecular weight excluding hydrogens is 593 g/mol. The molecule has 6 aliphatic rings. The second-order valence-electron chi connectivity index (χ2n) is 17.7. The Kier molecular flexibility index (Phi) is 7.97. The van der Waals surface area contributed by atoms with Crippen LogP contribution in [0.2, 0.25) is 0 Å². The molecule has 1 aromatic carbocycles. The summed E-state index contributed by atoms with van der Waals surface area (Å²) in [5, 5.41) is 13.6. The molecule has 1 aromatic rings. The zero-order chi connectivity index (χ0) is 32.8. The van der Waals surface area contributed by atoms with Gasteiger partial charge in [0.25, 0.3) is 0 Å². The minimum Gasteiger partial charge on any atom is -0.478 e. The topological polar surface area (TPSA) is 86.7 Å². The van der Waals surface area contributed by atoms with Crippen LogP contribution in [0.25, 0.3) is 5.57 Å². The highest BCUT2D eigenvalue weighted by molar-refractivity contribution is 7.91. The second-order valence-corrected chi connectivity index (χ2v) is 20.0. The van der Waals surface area contributed by atoms with E-state index in [-0.39, 0.29) is 16.4 Å². The molecule has 6 nitrogen and oxygen atoms in total. The number of hydrogen-bond donors (Lipinski definition) is 2. The minimum absolute atomic E-state index is 0.0342. The quantitative estimate of drug-likeness (QED) is 0.336. The van der Waals surface area contributed by atoms with E-state index in [9.17, 15) is 18.3 Å². The van der Waals surface area contributed by atoms with Gasteiger partial charge in [0.2, 0.25) is 0 Å². The molecule has 7 heteroatoms. The smallest absolute Gasteiger partial charge is 0.335 e. The highest BCUT2D eigenvalue weighted by Crippen LogP contribution is 2.76. The van der Waals surface area contributed by atoms with Gasteiger partial charge in [0.05, 0.1) is 17.1 Å². The predicted molar refractivity (Wildman–Crippen MR) is 185 cm³/mol. The third-order valence-corrected chi connectivity index (χ3v) is 17.3. The number of nitrogens with one attached hydrogen (secondary N) is 1. The number of carboxylic acid groups (broad SMARTS) is 1. The molecule has 0 amide bonds. The number of benzene rings is 1. The van der Waals surface area contributed by atoms with Crippen LogP contribution in [0.1, 0.15) is 115 Å². The molecule has 46 heavy (non-hydrogen) atoms. The molecule has 1 saturated heterocycles. The number of rotatable bonds is 6. The van der Waals surface area contributed by atoms with Crippen molar-refractivity contribution in [1.82, 2.24) is 10.2 Å². The van der Waals surface area contributed by atoms with Crippen LogP contribution in [0.4, 0.5) is 0 Å². The van der Waals surface area contributed by atoms with Crippen LogP contribution in [0.15, 0.2) is 30.3 Å². The maximum atomic E-state index is 11.9. The standard InChI is InChI=1S/C39H58N2O4S/c1-35(2)29(27-8-10-28(11-9-27)34(42)43)14-17-36(3)32(35)15-18-38(5)33(36)13-12-30-31-7-6-16-39(31,20-19-37(30,38)4)40-21-22-41-23-25-46(44,45)26-24-41/h8-11,14,30-33,40H,6-7,12-13,15-26H2,1-5H3,(H,42,43)/t30-,31-,32?,33?,36+,37-,38-,39+/m1/s1. The summed E-state index contributed by atoms with van der Waals surface area (Å²) in [7, 11) is -2.83. The van der Waals surface area contributed by atoms with Crippen molar-refractivity contribution in [2.75, 3.05) is 37.7 Å². The van der Waals surface area contributed by atoms with Gasteiger partial charge in [-0.1, -0.05) is 59.2 Å². The lowest BCUT2D eigenvalue weighted by atomic mass is 9.33. The molecular formula is C39H58N2O4S. The van der Waals surface area contributed by atoms with Gasteiger partial charge >= 0.3 is 5.97 Å². The van der Waals surface area contributed by atoms with Gasteiger partial charge < -0.3 is 15.3 Å². The zero-order valence-electron chi connectivity index (χ0n) is 29.0. The van der Waals surface area contributed by atoms with Gasteiger partial charge in [0, 0.05) is 31.7 Å². The maximum absolute atomic E-state index is 11.9. The van der Waals surface area contributed by atoms with Gasteiger partial charge in [-0.15, -0.1) is 0 Å². The Hall–Kier alpha value is -1.70. The van der Waals surface area contributed by atoms with Crippen LogP contribution in [-0.2, 0) is 9.84 Å². The highest BCUT2D eigenvalue weighted by Gasteiger charge is 2.69. The molecule has 4 saturated carbocycles. The van der Waals surface area contributed by atoms with E-state index in [1.807, 2.05) is 12.1 Å². The lowest BCUT2D eigenvalue weighted by Crippen LogP contribution is -2.67. The number of aromatic carboxylic acids is 1. The number of carbonyl (C=O) groups is 1. The summed E-state index contributed by atoms with van der Waals surface area (Å²) in [6, 6.07) is 7.59. The number of carboxylic acids is 1. The van der Waals surface area contributed by atoms with Gasteiger partial charge in [-0.05, 0) is 126 Å². The molecule has 2 unspecified atom stereocenters. The van der Waals surface area contributed by atoms with Crippen LogP contribution in [0.5, 0.6) is 0 Å². The second kappa shape index (κ2) is 11.2. The van der Waals surface area contributed by atoms with E-state index in [0.29, 0.717) is 52.8 Å². The number of fused-ring (bicyclic) bond motifs is 7. The Labute approximate surface area is 278 Å². The maximum Gasteiger partial charge on any atom is 0.335 e. The zero-order valence-corrected chi connectivity index (χ0v) is 29.9. The van der Waals surface area contributed by atoms with Crippen molar-refractivity contribution in [3.63, 3.8) is 0 Å². The lowest BCUT2D eigenvalue weighted by molar-refractivity contribution is -0.217. The van der Waals surface area contributed by atoms with Crippen LogP contribution >= 0.6 is 0 Å². The van der Waals surface area contributed by atoms with Crippen LogP contribution < -0.4 is 5.32 Å². The molecule has 0 spiro atoms. The molecule has 0 bridgehead atoms. The third kappa shape index (κ3) is 4.90. The first-order valence-electron chi connectivity index (χ1n) is 18.4. The summed E-state index contributed by atoms with van der Waals surface area (Å²) in [4.78, 5) is 13.9. The molecule has 1 heterocycles. The van der Waals surface area contributed by atoms with Crippen molar-refractivity contribution in [3.05, 3.63) is 41.5 Å². The Morgan fingerprint density at radius 3 is 2.28 bits per heavy atom. The van der Waals surface area contributed by atoms with Crippen molar-refractivity contribution < 1.29 is 18.3 Å². The Morgan fingerprint density at radius 2 is 1.59 bits per heavy atom. The van der Waals surface area contributed by atoms with Gasteiger partial charge in [-0.25, -0.2) is 13.2 Å². The summed E-state index contributed by atoms with van der Waals surface area (Å²) < 4.78 is 23.9. The fraction of sp³-hybridized carbons (Fsp3) is 0.769. The van der Waals surface area contributed by atoms with E-state index < -0.39 is 15.8 Å². The molecule has 5 fully saturated rings. The van der Waals surface area contributed by atoms with Crippen LogP contribution in [-0.4, -0.2) is 67.6 Å². The first-order valence-corrected chi connectivity index (χ1v) is 20.2. The van der Waals surface area contributed by atoms with Crippen molar-refractivity contribution >= 4 is 21.4 Å². The van der Waals surface area contributed by atoms with Crippen molar-refractivity contribution in [1.29, 1.82) is 0 Å². The number of allylic oxidation sites excluding steroid dienone is 2. The summed E-state index contributed by atoms with van der Waals surface area (Å²) in [6.45, 7) is 16.3. The highest BCUT2D eigenvalue weighted by atomic mass is 32.2. The van der Waals surface area contributed by atoms with E-state index >= 15 is 0 Å². The monoisotopic (exact) mass is 650 g/mol. The Balaban J connectivity index is 1.10. The predicted octanol–water partition coefficient (Wildman–Crippen LogP) is 7.31. The average Bonchev–Trinajstić information content (AvgIpc) is 3.42. The number of nitrogens with zero attached hydrogens (tertiary/aromatic N) is 1. The first-order chi connectivity index (χ1) is 21.7. The van der Waals surface area contributed by atoms with Crippen molar-refractivity contribution in [2.45, 2.75) is 104 Å². The molecule has 254 valence electrons. The van der Waals surface area contributed by atoms with Crippen molar-refractivity contribution in [2.24, 2.45) is 45.3 Å². The minimum atomic E-state index is -2.83. The first kappa shape index (κ1) is 32.8. The lowest BCUT2D eigenvalue weighted by Gasteiger charge is -2.72. The summed E-state index contributed by atoms with van der Waals surface area (Å²) >= 11 is 0. The fourth-order valence-corrected chi connectivity index (χ4v) is 14.5. The molecule has 8 atom stereocenters. The normalized spacial score (nSPS) is 43.0. The third-order valence-electron chi connectivity index (χ3n) is 15.7. The van der Waals surface area contributed by atoms with E-state index in [0.717, 1.165) is 31.3 Å². The van der Waals surface area contributed by atoms with E-state index in [4.69, 9.17) is 0 Å². The molecule has 0 radical (unpaired) electrons. The Bertz CT molecular complexity index is 1490. The molecule has 2 N–H and O–H groups in total. The SMILES string of the molecule is CC1(C)C(c2ccc(C(=O)O)cc2)=CC[C@@]2(C)C1CC[C@]1(C)C2CC[C@@H]2[C@H]3CCC[C@]3(NCCN3CCS(=O)(=O)CC3)CC[C@]21C. The molecule has 0 aromatic heterocycles. The number of hydrogen-bond acceptors (Lipinski definition) is 5. The summed E-state index contributed by atoms with van der Waals surface area (Å²) in [5.74, 6) is 2.61. The molecule has 7 rings (SSSR count). The van der Waals surface area contributed by atoms with Crippen molar-refractivity contribution in [3.8, 4) is 0 Å². The van der Waals surface area contributed by atoms with E-state index in [1.165, 1.54) is 68.9 Å². The largest absolute Gasteiger partial charge is 0.478 e. The molecule has 5 aliphatic carbocycles. The summed E-state index contributed by atoms with van der Waals surface area (Å²) in [5.41, 5.74) is 4.19. The fourth-order valence-electron chi connectivity index (χ4n) is 13.2. The van der Waals surface area contributed by atoms with Crippen LogP contribution in [0, 0.1) is 45.3 Å². The van der Waals surface area contributed by atoms with E-state index in [1.54, 1.807) is 12.1 Å². The summed E-state index contributed by atoms with van der Waals surface area (Å²) in [6.07, 6.45) is 15.5. The van der Waals surface area contributed by atoms with Crippen LogP contribution in [0.3, 0.4) is 0 Å². The Morgan fingerprint density at radius 1 is 0.870 bits per heavy atom. The van der Waals surface area contributed by atoms with Gasteiger partial charge in [0.1, 0.15) is 0 Å². The number of sulfone groups is 1. The van der Waals surface area contributed by atoms with E-state index in [2.05, 4.69) is 50.9 Å². The van der Waals surface area contributed by atoms with Gasteiger partial charge in [0.15, 0.2) is 9.84 Å².